The van der Waals surface area contributed by atoms with E-state index in [2.05, 4.69) is 15.4 Å². The van der Waals surface area contributed by atoms with E-state index in [1.807, 2.05) is 0 Å². The summed E-state index contributed by atoms with van der Waals surface area (Å²) in [7, 11) is -3.80. The maximum Gasteiger partial charge on any atom is 0.338 e. The van der Waals surface area contributed by atoms with Crippen LogP contribution in [0, 0.1) is 0 Å². The Labute approximate surface area is 205 Å². The summed E-state index contributed by atoms with van der Waals surface area (Å²) in [6.45, 7) is 2.81. The van der Waals surface area contributed by atoms with Crippen molar-refractivity contribution in [2.24, 2.45) is 0 Å². The van der Waals surface area contributed by atoms with Crippen molar-refractivity contribution in [1.29, 1.82) is 0 Å². The van der Waals surface area contributed by atoms with Crippen LogP contribution in [0.15, 0.2) is 64.9 Å². The Morgan fingerprint density at radius 2 is 1.44 bits per heavy atom. The summed E-state index contributed by atoms with van der Waals surface area (Å²) >= 11 is 6.71. The van der Waals surface area contributed by atoms with Crippen molar-refractivity contribution in [3.8, 4) is 0 Å². The molecule has 0 aliphatic carbocycles. The van der Waals surface area contributed by atoms with Crippen LogP contribution < -0.4 is 15.4 Å². The van der Waals surface area contributed by atoms with Crippen LogP contribution in [0.25, 0.3) is 0 Å². The highest BCUT2D eigenvalue weighted by Gasteiger charge is 2.20. The minimum Gasteiger partial charge on any atom is -0.449 e. The number of nitrogens with one attached hydrogen (secondary N) is 3. The van der Waals surface area contributed by atoms with E-state index in [1.54, 1.807) is 24.3 Å². The van der Waals surface area contributed by atoms with Crippen LogP contribution >= 0.6 is 22.9 Å². The fourth-order valence-corrected chi connectivity index (χ4v) is 5.23. The van der Waals surface area contributed by atoms with Gasteiger partial charge in [0, 0.05) is 24.0 Å². The number of anilines is 3. The van der Waals surface area contributed by atoms with Gasteiger partial charge in [-0.05, 0) is 67.6 Å². The second-order valence-electron chi connectivity index (χ2n) is 7.04. The molecule has 178 valence electrons. The van der Waals surface area contributed by atoms with Gasteiger partial charge in [0.1, 0.15) is 4.21 Å². The number of carbonyl (C=O) groups is 3. The molecule has 1 aromatic heterocycles. The first-order valence-electron chi connectivity index (χ1n) is 9.81. The van der Waals surface area contributed by atoms with Crippen LogP contribution in [0.1, 0.15) is 24.2 Å². The highest BCUT2D eigenvalue weighted by molar-refractivity contribution is 7.94. The highest BCUT2D eigenvalue weighted by Crippen LogP contribution is 2.27. The summed E-state index contributed by atoms with van der Waals surface area (Å²) in [6, 6.07) is 14.9. The lowest BCUT2D eigenvalue weighted by Gasteiger charge is -2.14. The van der Waals surface area contributed by atoms with Crippen LogP contribution in [-0.4, -0.2) is 32.3 Å². The van der Waals surface area contributed by atoms with Gasteiger partial charge in [0.15, 0.2) is 6.10 Å². The summed E-state index contributed by atoms with van der Waals surface area (Å²) in [4.78, 5) is 35.8. The van der Waals surface area contributed by atoms with Gasteiger partial charge in [-0.3, -0.25) is 14.3 Å². The van der Waals surface area contributed by atoms with Gasteiger partial charge in [-0.1, -0.05) is 11.6 Å². The molecular formula is C22H20ClN3O6S2. The van der Waals surface area contributed by atoms with E-state index >= 15 is 0 Å². The molecule has 3 rings (SSSR count). The third kappa shape index (κ3) is 6.80. The van der Waals surface area contributed by atoms with E-state index in [1.165, 1.54) is 50.2 Å². The molecule has 0 fully saturated rings. The fraction of sp³-hybridized carbons (Fsp3) is 0.136. The standard InChI is InChI=1S/C22H20ClN3O6S2/c1-13(21(28)25-17-9-7-16(8-10-17)24-14(2)27)32-22(29)15-3-5-18(6-4-15)26-34(30,31)20-12-11-19(23)33-20/h3-13,26H,1-2H3,(H,24,27)(H,25,28)/t13-/m1/s1. The Kier molecular flexibility index (Phi) is 7.92. The first-order chi connectivity index (χ1) is 16.0. The molecule has 0 saturated carbocycles. The SMILES string of the molecule is CC(=O)Nc1ccc(NC(=O)[C@@H](C)OC(=O)c2ccc(NS(=O)(=O)c3ccc(Cl)s3)cc2)cc1. The lowest BCUT2D eigenvalue weighted by Crippen LogP contribution is -2.30. The predicted molar refractivity (Wildman–Crippen MR) is 131 cm³/mol. The van der Waals surface area contributed by atoms with Gasteiger partial charge in [0.25, 0.3) is 15.9 Å². The molecule has 1 atom stereocenters. The van der Waals surface area contributed by atoms with Crippen LogP contribution in [-0.2, 0) is 24.3 Å². The average molecular weight is 522 g/mol. The van der Waals surface area contributed by atoms with Crippen LogP contribution in [0.4, 0.5) is 17.1 Å². The lowest BCUT2D eigenvalue weighted by atomic mass is 10.2. The Morgan fingerprint density at radius 1 is 0.882 bits per heavy atom. The van der Waals surface area contributed by atoms with E-state index < -0.39 is 28.0 Å². The van der Waals surface area contributed by atoms with Gasteiger partial charge >= 0.3 is 5.97 Å². The molecule has 12 heteroatoms. The summed E-state index contributed by atoms with van der Waals surface area (Å²) in [5.74, 6) is -1.50. The molecule has 0 aliphatic heterocycles. The molecule has 3 aromatic rings. The quantitative estimate of drug-likeness (QED) is 0.378. The lowest BCUT2D eigenvalue weighted by molar-refractivity contribution is -0.123. The Morgan fingerprint density at radius 3 is 1.97 bits per heavy atom. The topological polar surface area (TPSA) is 131 Å². The molecule has 0 saturated heterocycles. The van der Waals surface area contributed by atoms with Crippen molar-refractivity contribution in [2.75, 3.05) is 15.4 Å². The van der Waals surface area contributed by atoms with Crippen molar-refractivity contribution in [2.45, 2.75) is 24.2 Å². The van der Waals surface area contributed by atoms with Crippen LogP contribution in [0.2, 0.25) is 4.34 Å². The maximum atomic E-state index is 12.4. The maximum absolute atomic E-state index is 12.4. The summed E-state index contributed by atoms with van der Waals surface area (Å²) < 4.78 is 32.7. The number of hydrogen-bond acceptors (Lipinski definition) is 7. The molecule has 2 aromatic carbocycles. The van der Waals surface area contributed by atoms with Gasteiger partial charge in [-0.25, -0.2) is 13.2 Å². The molecule has 0 unspecified atom stereocenters. The second-order valence-corrected chi connectivity index (χ2v) is 10.7. The predicted octanol–water partition coefficient (Wildman–Crippen LogP) is 4.34. The first kappa shape index (κ1) is 25.2. The van der Waals surface area contributed by atoms with Gasteiger partial charge in [-0.2, -0.15) is 0 Å². The Balaban J connectivity index is 1.56. The summed E-state index contributed by atoms with van der Waals surface area (Å²) in [5, 5.41) is 5.23. The Hall–Kier alpha value is -3.41. The number of sulfonamides is 1. The van der Waals surface area contributed by atoms with E-state index in [-0.39, 0.29) is 21.4 Å². The van der Waals surface area contributed by atoms with Gasteiger partial charge in [-0.15, -0.1) is 11.3 Å². The van der Waals surface area contributed by atoms with Crippen molar-refractivity contribution in [3.63, 3.8) is 0 Å². The first-order valence-corrected chi connectivity index (χ1v) is 12.5. The zero-order valence-corrected chi connectivity index (χ0v) is 20.4. The normalized spacial score (nSPS) is 11.9. The molecule has 0 aliphatic rings. The summed E-state index contributed by atoms with van der Waals surface area (Å²) in [5.41, 5.74) is 1.43. The van der Waals surface area contributed by atoms with E-state index in [9.17, 15) is 22.8 Å². The number of benzene rings is 2. The third-order valence-corrected chi connectivity index (χ3v) is 7.42. The highest BCUT2D eigenvalue weighted by atomic mass is 35.5. The van der Waals surface area contributed by atoms with E-state index in [0.717, 1.165) is 11.3 Å². The number of amides is 2. The third-order valence-electron chi connectivity index (χ3n) is 4.31. The zero-order chi connectivity index (χ0) is 24.9. The van der Waals surface area contributed by atoms with Crippen molar-refractivity contribution >= 4 is 67.8 Å². The second kappa shape index (κ2) is 10.7. The molecule has 0 bridgehead atoms. The number of carbonyl (C=O) groups excluding carboxylic acids is 3. The molecule has 9 nitrogen and oxygen atoms in total. The number of ether oxygens (including phenoxy) is 1. The Bertz CT molecular complexity index is 1310. The number of thiophene rings is 1. The van der Waals surface area contributed by atoms with E-state index in [4.69, 9.17) is 16.3 Å². The van der Waals surface area contributed by atoms with Gasteiger partial charge < -0.3 is 15.4 Å². The van der Waals surface area contributed by atoms with Crippen LogP contribution in [0.3, 0.4) is 0 Å². The van der Waals surface area contributed by atoms with Gasteiger partial charge in [0.2, 0.25) is 5.91 Å². The molecule has 0 spiro atoms. The van der Waals surface area contributed by atoms with Crippen molar-refractivity contribution in [1.82, 2.24) is 0 Å². The van der Waals surface area contributed by atoms with Crippen LogP contribution in [0.5, 0.6) is 0 Å². The molecule has 0 radical (unpaired) electrons. The number of esters is 1. The smallest absolute Gasteiger partial charge is 0.338 e. The number of hydrogen-bond donors (Lipinski definition) is 3. The minimum atomic E-state index is -3.80. The van der Waals surface area contributed by atoms with Crippen molar-refractivity contribution < 1.29 is 27.5 Å². The number of rotatable bonds is 8. The monoisotopic (exact) mass is 521 g/mol. The van der Waals surface area contributed by atoms with Gasteiger partial charge in [0.05, 0.1) is 9.90 Å². The van der Waals surface area contributed by atoms with Crippen molar-refractivity contribution in [3.05, 3.63) is 70.6 Å². The van der Waals surface area contributed by atoms with E-state index in [0.29, 0.717) is 15.7 Å². The molecule has 1 heterocycles. The largest absolute Gasteiger partial charge is 0.449 e. The fourth-order valence-electron chi connectivity index (χ4n) is 2.69. The average Bonchev–Trinajstić information content (AvgIpc) is 3.22. The molecule has 2 amide bonds. The minimum absolute atomic E-state index is 0.0607. The molecule has 3 N–H and O–H groups in total. The summed E-state index contributed by atoms with van der Waals surface area (Å²) in [6.07, 6.45) is -1.09. The molecule has 34 heavy (non-hydrogen) atoms. The number of halogens is 1. The zero-order valence-electron chi connectivity index (χ0n) is 18.0. The molecular weight excluding hydrogens is 502 g/mol.